The second kappa shape index (κ2) is 10.6. The van der Waals surface area contributed by atoms with Crippen LogP contribution in [0.5, 0.6) is 0 Å². The number of hydrogen-bond donors (Lipinski definition) is 2. The highest BCUT2D eigenvalue weighted by molar-refractivity contribution is 5.25. The molecule has 0 saturated carbocycles. The summed E-state index contributed by atoms with van der Waals surface area (Å²) >= 11 is 0. The number of piperidine rings is 2. The summed E-state index contributed by atoms with van der Waals surface area (Å²) in [5, 5.41) is 0. The fourth-order valence-electron chi connectivity index (χ4n) is 6.12. The Morgan fingerprint density at radius 1 is 0.812 bits per heavy atom. The van der Waals surface area contributed by atoms with Crippen LogP contribution in [0.3, 0.4) is 0 Å². The Labute approximate surface area is 196 Å². The molecule has 2 heterocycles. The van der Waals surface area contributed by atoms with E-state index >= 15 is 0 Å². The number of nitrogens with zero attached hydrogens (tertiary/aromatic N) is 2. The van der Waals surface area contributed by atoms with E-state index in [0.29, 0.717) is 0 Å². The van der Waals surface area contributed by atoms with Gasteiger partial charge in [-0.3, -0.25) is 0 Å². The highest BCUT2D eigenvalue weighted by atomic mass is 15.1. The fourth-order valence-corrected chi connectivity index (χ4v) is 6.12. The molecule has 32 heavy (non-hydrogen) atoms. The Bertz CT molecular complexity index is 731. The van der Waals surface area contributed by atoms with Gasteiger partial charge in [-0.15, -0.1) is 0 Å². The lowest BCUT2D eigenvalue weighted by atomic mass is 9.85. The summed E-state index contributed by atoms with van der Waals surface area (Å²) in [7, 11) is 0. The van der Waals surface area contributed by atoms with Gasteiger partial charge in [0.05, 0.1) is 0 Å². The molecular formula is C28H46N4. The first-order valence-electron chi connectivity index (χ1n) is 13.2. The van der Waals surface area contributed by atoms with Gasteiger partial charge in [0.15, 0.2) is 0 Å². The van der Waals surface area contributed by atoms with Crippen molar-refractivity contribution in [2.24, 2.45) is 28.7 Å². The van der Waals surface area contributed by atoms with Crippen LogP contribution in [0.2, 0.25) is 0 Å². The molecule has 4 heteroatoms. The van der Waals surface area contributed by atoms with Crippen molar-refractivity contribution >= 4 is 0 Å². The summed E-state index contributed by atoms with van der Waals surface area (Å²) in [5.74, 6) is 1.84. The van der Waals surface area contributed by atoms with Crippen LogP contribution in [-0.2, 0) is 0 Å². The van der Waals surface area contributed by atoms with Gasteiger partial charge in [0, 0.05) is 49.7 Å². The van der Waals surface area contributed by atoms with E-state index in [9.17, 15) is 0 Å². The van der Waals surface area contributed by atoms with Crippen LogP contribution in [0.4, 0.5) is 0 Å². The van der Waals surface area contributed by atoms with Gasteiger partial charge in [0.25, 0.3) is 0 Å². The van der Waals surface area contributed by atoms with Crippen LogP contribution in [0.15, 0.2) is 47.9 Å². The largest absolute Gasteiger partial charge is 0.372 e. The van der Waals surface area contributed by atoms with Crippen molar-refractivity contribution in [1.82, 2.24) is 9.80 Å². The molecule has 178 valence electrons. The van der Waals surface area contributed by atoms with Crippen LogP contribution in [-0.4, -0.2) is 48.1 Å². The van der Waals surface area contributed by atoms with Gasteiger partial charge in [0.2, 0.25) is 0 Å². The monoisotopic (exact) mass is 438 g/mol. The third-order valence-corrected chi connectivity index (χ3v) is 8.11. The molecule has 0 aromatic carbocycles. The van der Waals surface area contributed by atoms with E-state index in [1.165, 1.54) is 82.5 Å². The van der Waals surface area contributed by atoms with E-state index in [1.54, 1.807) is 0 Å². The first-order chi connectivity index (χ1) is 15.4. The molecule has 2 unspecified atom stereocenters. The Hall–Kier alpha value is -1.52. The van der Waals surface area contributed by atoms with Crippen molar-refractivity contribution in [2.45, 2.75) is 83.7 Å². The van der Waals surface area contributed by atoms with Crippen molar-refractivity contribution in [1.29, 1.82) is 0 Å². The minimum atomic E-state index is 0.178. The minimum absolute atomic E-state index is 0.178. The van der Waals surface area contributed by atoms with E-state index in [0.717, 1.165) is 24.7 Å². The zero-order valence-corrected chi connectivity index (χ0v) is 20.5. The van der Waals surface area contributed by atoms with Crippen LogP contribution in [0, 0.1) is 17.3 Å². The number of hydrogen-bond acceptors (Lipinski definition) is 4. The molecule has 4 N–H and O–H groups in total. The molecule has 4 nitrogen and oxygen atoms in total. The van der Waals surface area contributed by atoms with Crippen molar-refractivity contribution < 1.29 is 0 Å². The Kier molecular flexibility index (Phi) is 7.83. The smallest absolute Gasteiger partial charge is 0.0328 e. The predicted octanol–water partition coefficient (Wildman–Crippen LogP) is 4.95. The van der Waals surface area contributed by atoms with Gasteiger partial charge in [0.1, 0.15) is 0 Å². The van der Waals surface area contributed by atoms with Crippen molar-refractivity contribution in [2.75, 3.05) is 26.2 Å². The van der Waals surface area contributed by atoms with E-state index in [1.807, 2.05) is 0 Å². The molecule has 0 spiro atoms. The maximum Gasteiger partial charge on any atom is 0.0328 e. The van der Waals surface area contributed by atoms with Gasteiger partial charge in [-0.2, -0.15) is 0 Å². The van der Waals surface area contributed by atoms with Gasteiger partial charge in [-0.1, -0.05) is 57.4 Å². The second-order valence-corrected chi connectivity index (χ2v) is 11.5. The van der Waals surface area contributed by atoms with Gasteiger partial charge in [-0.05, 0) is 67.9 Å². The first-order valence-corrected chi connectivity index (χ1v) is 13.2. The molecule has 2 saturated heterocycles. The summed E-state index contributed by atoms with van der Waals surface area (Å²) in [6.45, 7) is 9.48. The fraction of sp³-hybridized carbons (Fsp3) is 0.714. The lowest BCUT2D eigenvalue weighted by Crippen LogP contribution is -2.34. The molecule has 0 radical (unpaired) electrons. The average Bonchev–Trinajstić information content (AvgIpc) is 2.92. The summed E-state index contributed by atoms with van der Waals surface area (Å²) in [6, 6.07) is 0.394. The number of rotatable bonds is 6. The summed E-state index contributed by atoms with van der Waals surface area (Å²) < 4.78 is 0. The van der Waals surface area contributed by atoms with E-state index in [2.05, 4.69) is 60.1 Å². The van der Waals surface area contributed by atoms with Gasteiger partial charge < -0.3 is 21.3 Å². The summed E-state index contributed by atoms with van der Waals surface area (Å²) in [6.07, 6.45) is 25.3. The zero-order chi connectivity index (χ0) is 22.6. The van der Waals surface area contributed by atoms with E-state index in [4.69, 9.17) is 11.5 Å². The molecule has 4 rings (SSSR count). The zero-order valence-electron chi connectivity index (χ0n) is 20.5. The van der Waals surface area contributed by atoms with E-state index < -0.39 is 0 Å². The number of allylic oxidation sites excluding steroid dienone is 3. The molecule has 2 aliphatic heterocycles. The van der Waals surface area contributed by atoms with Crippen LogP contribution in [0.25, 0.3) is 0 Å². The minimum Gasteiger partial charge on any atom is -0.372 e. The average molecular weight is 439 g/mol. The van der Waals surface area contributed by atoms with Crippen molar-refractivity contribution in [3.63, 3.8) is 0 Å². The topological polar surface area (TPSA) is 58.5 Å². The van der Waals surface area contributed by atoms with Crippen molar-refractivity contribution in [3.05, 3.63) is 47.9 Å². The normalized spacial score (nSPS) is 29.6. The quantitative estimate of drug-likeness (QED) is 0.616. The Balaban J connectivity index is 1.14. The lowest BCUT2D eigenvalue weighted by molar-refractivity contribution is 0.199. The Morgan fingerprint density at radius 3 is 1.91 bits per heavy atom. The maximum absolute atomic E-state index is 6.24. The first kappa shape index (κ1) is 23.6. The molecule has 4 aliphatic rings. The highest BCUT2D eigenvalue weighted by Gasteiger charge is 2.26. The maximum atomic E-state index is 6.24. The summed E-state index contributed by atoms with van der Waals surface area (Å²) in [5.41, 5.74) is 15.2. The highest BCUT2D eigenvalue weighted by Crippen LogP contribution is 2.33. The standard InChI is InChI=1S/C28H46N4/c1-28(2)20-25(30)8-11-27(21-28)32-18-14-23(15-19-32)5-3-4-22-12-16-31(17-13-22)26-9-6-24(29)7-10-26/h6,8-11,21-25H,3-5,7,12-20,29-30H2,1-2H3. The Morgan fingerprint density at radius 2 is 1.34 bits per heavy atom. The molecule has 0 amide bonds. The molecule has 2 atom stereocenters. The lowest BCUT2D eigenvalue weighted by Gasteiger charge is -2.36. The molecule has 0 bridgehead atoms. The molecule has 0 aromatic rings. The third-order valence-electron chi connectivity index (χ3n) is 8.11. The van der Waals surface area contributed by atoms with Crippen LogP contribution >= 0.6 is 0 Å². The molecule has 2 fully saturated rings. The van der Waals surface area contributed by atoms with Crippen molar-refractivity contribution in [3.8, 4) is 0 Å². The van der Waals surface area contributed by atoms with Gasteiger partial charge >= 0.3 is 0 Å². The SMILES string of the molecule is CC1(C)C=C(N2CCC(CCCC3CCN(C4=CCC(N)C=C4)CC3)CC2)C=CC(N)C1. The van der Waals surface area contributed by atoms with Crippen LogP contribution in [0.1, 0.15) is 71.6 Å². The number of nitrogens with two attached hydrogens (primary N) is 2. The molecule has 0 aromatic heterocycles. The molecule has 2 aliphatic carbocycles. The summed E-state index contributed by atoms with van der Waals surface area (Å²) in [4.78, 5) is 5.17. The van der Waals surface area contributed by atoms with E-state index in [-0.39, 0.29) is 17.5 Å². The number of likely N-dealkylation sites (tertiary alicyclic amines) is 2. The third kappa shape index (κ3) is 6.51. The van der Waals surface area contributed by atoms with Crippen LogP contribution < -0.4 is 11.5 Å². The predicted molar refractivity (Wildman–Crippen MR) is 136 cm³/mol. The molecular weight excluding hydrogens is 392 g/mol. The second-order valence-electron chi connectivity index (χ2n) is 11.5. The van der Waals surface area contributed by atoms with Gasteiger partial charge in [-0.25, -0.2) is 0 Å².